The summed E-state index contributed by atoms with van der Waals surface area (Å²) in [7, 11) is 0. The van der Waals surface area contributed by atoms with Gasteiger partial charge in [-0.3, -0.25) is 0 Å². The molecule has 13 heavy (non-hydrogen) atoms. The van der Waals surface area contributed by atoms with Gasteiger partial charge in [0.25, 0.3) is 0 Å². The summed E-state index contributed by atoms with van der Waals surface area (Å²) in [5.41, 5.74) is 1.92. The SMILES string of the molecule is Cc1cc(O)cc(-c2ccco2)c1. The summed E-state index contributed by atoms with van der Waals surface area (Å²) < 4.78 is 5.22. The van der Waals surface area contributed by atoms with E-state index >= 15 is 0 Å². The van der Waals surface area contributed by atoms with Gasteiger partial charge in [0.1, 0.15) is 11.5 Å². The zero-order valence-electron chi connectivity index (χ0n) is 7.32. The molecule has 0 bridgehead atoms. The van der Waals surface area contributed by atoms with Crippen LogP contribution in [0, 0.1) is 6.92 Å². The van der Waals surface area contributed by atoms with Crippen LogP contribution in [-0.4, -0.2) is 5.11 Å². The molecule has 2 aromatic rings. The summed E-state index contributed by atoms with van der Waals surface area (Å²) in [5, 5.41) is 9.35. The first-order chi connectivity index (χ1) is 6.25. The van der Waals surface area contributed by atoms with E-state index in [0.717, 1.165) is 16.9 Å². The summed E-state index contributed by atoms with van der Waals surface area (Å²) in [4.78, 5) is 0. The third-order valence-electron chi connectivity index (χ3n) is 1.87. The summed E-state index contributed by atoms with van der Waals surface area (Å²) >= 11 is 0. The third kappa shape index (κ3) is 1.56. The Kier molecular flexibility index (Phi) is 1.81. The number of rotatable bonds is 1. The first-order valence-corrected chi connectivity index (χ1v) is 4.10. The molecule has 66 valence electrons. The highest BCUT2D eigenvalue weighted by Crippen LogP contribution is 2.25. The maximum Gasteiger partial charge on any atom is 0.133 e. The molecule has 1 aromatic carbocycles. The van der Waals surface area contributed by atoms with Crippen LogP contribution in [0.5, 0.6) is 5.75 Å². The molecule has 1 aromatic heterocycles. The van der Waals surface area contributed by atoms with E-state index in [2.05, 4.69) is 0 Å². The Bertz CT molecular complexity index is 382. The summed E-state index contributed by atoms with van der Waals surface area (Å²) in [5.74, 6) is 1.05. The van der Waals surface area contributed by atoms with Crippen LogP contribution in [0.2, 0.25) is 0 Å². The van der Waals surface area contributed by atoms with Gasteiger partial charge in [-0.2, -0.15) is 0 Å². The molecular weight excluding hydrogens is 164 g/mol. The first kappa shape index (κ1) is 7.92. The predicted octanol–water partition coefficient (Wildman–Crippen LogP) is 2.96. The highest BCUT2D eigenvalue weighted by atomic mass is 16.3. The van der Waals surface area contributed by atoms with Crippen LogP contribution in [0.25, 0.3) is 11.3 Å². The Balaban J connectivity index is 2.53. The smallest absolute Gasteiger partial charge is 0.133 e. The largest absolute Gasteiger partial charge is 0.508 e. The topological polar surface area (TPSA) is 33.4 Å². The fourth-order valence-electron chi connectivity index (χ4n) is 1.35. The van der Waals surface area contributed by atoms with E-state index in [9.17, 15) is 5.11 Å². The van der Waals surface area contributed by atoms with Crippen LogP contribution in [0.4, 0.5) is 0 Å². The summed E-state index contributed by atoms with van der Waals surface area (Å²) in [6.45, 7) is 1.94. The van der Waals surface area contributed by atoms with Gasteiger partial charge in [0.2, 0.25) is 0 Å². The molecule has 0 radical (unpaired) electrons. The molecule has 0 atom stereocenters. The molecular formula is C11H10O2. The Morgan fingerprint density at radius 3 is 2.69 bits per heavy atom. The molecule has 0 fully saturated rings. The average molecular weight is 174 g/mol. The molecule has 1 heterocycles. The Hall–Kier alpha value is -1.70. The van der Waals surface area contributed by atoms with Gasteiger partial charge in [-0.1, -0.05) is 0 Å². The molecule has 0 aliphatic heterocycles. The van der Waals surface area contributed by atoms with Gasteiger partial charge < -0.3 is 9.52 Å². The van der Waals surface area contributed by atoms with Gasteiger partial charge in [-0.25, -0.2) is 0 Å². The van der Waals surface area contributed by atoms with E-state index in [-0.39, 0.29) is 5.75 Å². The number of aromatic hydroxyl groups is 1. The van der Waals surface area contributed by atoms with Crippen molar-refractivity contribution in [2.24, 2.45) is 0 Å². The standard InChI is InChI=1S/C11H10O2/c1-8-5-9(7-10(12)6-8)11-3-2-4-13-11/h2-7,12H,1H3. The zero-order chi connectivity index (χ0) is 9.26. The zero-order valence-corrected chi connectivity index (χ0v) is 7.32. The summed E-state index contributed by atoms with van der Waals surface area (Å²) in [6, 6.07) is 9.07. The Labute approximate surface area is 76.4 Å². The molecule has 0 spiro atoms. The molecule has 2 heteroatoms. The van der Waals surface area contributed by atoms with Crippen molar-refractivity contribution in [2.45, 2.75) is 6.92 Å². The first-order valence-electron chi connectivity index (χ1n) is 4.10. The van der Waals surface area contributed by atoms with Gasteiger partial charge in [-0.05, 0) is 42.8 Å². The highest BCUT2D eigenvalue weighted by Gasteiger charge is 2.02. The lowest BCUT2D eigenvalue weighted by atomic mass is 10.1. The van der Waals surface area contributed by atoms with Crippen molar-refractivity contribution in [2.75, 3.05) is 0 Å². The Morgan fingerprint density at radius 1 is 1.23 bits per heavy atom. The van der Waals surface area contributed by atoms with Gasteiger partial charge in [0.15, 0.2) is 0 Å². The number of hydrogen-bond donors (Lipinski definition) is 1. The molecule has 1 N–H and O–H groups in total. The number of furan rings is 1. The van der Waals surface area contributed by atoms with Crippen molar-refractivity contribution in [1.29, 1.82) is 0 Å². The maximum atomic E-state index is 9.35. The highest BCUT2D eigenvalue weighted by molar-refractivity contribution is 5.60. The van der Waals surface area contributed by atoms with Crippen molar-refractivity contribution in [3.05, 3.63) is 42.2 Å². The molecule has 2 rings (SSSR count). The second-order valence-electron chi connectivity index (χ2n) is 3.03. The van der Waals surface area contributed by atoms with Crippen molar-refractivity contribution >= 4 is 0 Å². The van der Waals surface area contributed by atoms with E-state index in [1.54, 1.807) is 18.4 Å². The van der Waals surface area contributed by atoms with Crippen LogP contribution in [0.3, 0.4) is 0 Å². The van der Waals surface area contributed by atoms with Gasteiger partial charge in [0, 0.05) is 5.56 Å². The summed E-state index contributed by atoms with van der Waals surface area (Å²) in [6.07, 6.45) is 1.62. The number of benzene rings is 1. The number of hydrogen-bond acceptors (Lipinski definition) is 2. The van der Waals surface area contributed by atoms with E-state index in [4.69, 9.17) is 4.42 Å². The molecule has 0 saturated heterocycles. The average Bonchev–Trinajstić information content (AvgIpc) is 2.53. The van der Waals surface area contributed by atoms with Crippen molar-refractivity contribution < 1.29 is 9.52 Å². The molecule has 0 unspecified atom stereocenters. The lowest BCUT2D eigenvalue weighted by Gasteiger charge is -2.00. The quantitative estimate of drug-likeness (QED) is 0.721. The lowest BCUT2D eigenvalue weighted by Crippen LogP contribution is -1.77. The number of phenolic OH excluding ortho intramolecular Hbond substituents is 1. The maximum absolute atomic E-state index is 9.35. The van der Waals surface area contributed by atoms with E-state index in [1.807, 2.05) is 25.1 Å². The van der Waals surface area contributed by atoms with Gasteiger partial charge >= 0.3 is 0 Å². The van der Waals surface area contributed by atoms with Gasteiger partial charge in [-0.15, -0.1) is 0 Å². The van der Waals surface area contributed by atoms with E-state index in [0.29, 0.717) is 0 Å². The molecule has 2 nitrogen and oxygen atoms in total. The second-order valence-corrected chi connectivity index (χ2v) is 3.03. The lowest BCUT2D eigenvalue weighted by molar-refractivity contribution is 0.474. The fraction of sp³-hybridized carbons (Fsp3) is 0.0909. The van der Waals surface area contributed by atoms with E-state index in [1.165, 1.54) is 0 Å². The molecule has 0 amide bonds. The normalized spacial score (nSPS) is 10.2. The molecule has 0 saturated carbocycles. The number of phenols is 1. The molecule has 0 aliphatic rings. The van der Waals surface area contributed by atoms with Crippen LogP contribution in [0.1, 0.15) is 5.56 Å². The van der Waals surface area contributed by atoms with Crippen LogP contribution in [-0.2, 0) is 0 Å². The van der Waals surface area contributed by atoms with Crippen molar-refractivity contribution in [3.63, 3.8) is 0 Å². The Morgan fingerprint density at radius 2 is 2.08 bits per heavy atom. The van der Waals surface area contributed by atoms with Crippen LogP contribution < -0.4 is 0 Å². The monoisotopic (exact) mass is 174 g/mol. The third-order valence-corrected chi connectivity index (χ3v) is 1.87. The van der Waals surface area contributed by atoms with Crippen LogP contribution in [0.15, 0.2) is 41.0 Å². The van der Waals surface area contributed by atoms with Crippen molar-refractivity contribution in [3.8, 4) is 17.1 Å². The van der Waals surface area contributed by atoms with E-state index < -0.39 is 0 Å². The van der Waals surface area contributed by atoms with Gasteiger partial charge in [0.05, 0.1) is 6.26 Å². The minimum atomic E-state index is 0.270. The van der Waals surface area contributed by atoms with Crippen LogP contribution >= 0.6 is 0 Å². The minimum absolute atomic E-state index is 0.270. The fourth-order valence-corrected chi connectivity index (χ4v) is 1.35. The van der Waals surface area contributed by atoms with Crippen molar-refractivity contribution in [1.82, 2.24) is 0 Å². The number of aryl methyl sites for hydroxylation is 1. The molecule has 0 aliphatic carbocycles. The predicted molar refractivity (Wildman–Crippen MR) is 50.5 cm³/mol. The second kappa shape index (κ2) is 2.98. The minimum Gasteiger partial charge on any atom is -0.508 e.